The summed E-state index contributed by atoms with van der Waals surface area (Å²) in [4.78, 5) is 1.12. The molecule has 0 saturated heterocycles. The molecule has 0 radical (unpaired) electrons. The van der Waals surface area contributed by atoms with E-state index in [1.54, 1.807) is 6.07 Å². The van der Waals surface area contributed by atoms with Crippen molar-refractivity contribution in [1.29, 1.82) is 0 Å². The molecule has 2 rings (SSSR count). The van der Waals surface area contributed by atoms with Gasteiger partial charge in [0.2, 0.25) is 0 Å². The largest absolute Gasteiger partial charge is 0.494 e. The molecule has 1 aromatic heterocycles. The van der Waals surface area contributed by atoms with Crippen LogP contribution in [0.1, 0.15) is 17.8 Å². The lowest BCUT2D eigenvalue weighted by Crippen LogP contribution is -2.06. The van der Waals surface area contributed by atoms with Crippen LogP contribution in [0.2, 0.25) is 4.34 Å². The van der Waals surface area contributed by atoms with Gasteiger partial charge in [-0.3, -0.25) is 0 Å². The van der Waals surface area contributed by atoms with E-state index >= 15 is 0 Å². The van der Waals surface area contributed by atoms with Gasteiger partial charge in [0.05, 0.1) is 23.2 Å². The van der Waals surface area contributed by atoms with Crippen LogP contribution < -0.4 is 10.1 Å². The minimum Gasteiger partial charge on any atom is -0.494 e. The predicted molar refractivity (Wildman–Crippen MR) is 74.3 cm³/mol. The second-order valence-electron chi connectivity index (χ2n) is 3.85. The number of halogens is 2. The Kier molecular flexibility index (Phi) is 4.09. The summed E-state index contributed by atoms with van der Waals surface area (Å²) in [6.45, 7) is 2.02. The van der Waals surface area contributed by atoms with Gasteiger partial charge in [-0.1, -0.05) is 11.6 Å². The van der Waals surface area contributed by atoms with E-state index in [0.29, 0.717) is 5.75 Å². The zero-order valence-corrected chi connectivity index (χ0v) is 11.6. The van der Waals surface area contributed by atoms with Gasteiger partial charge in [0.15, 0.2) is 0 Å². The van der Waals surface area contributed by atoms with Gasteiger partial charge in [0.1, 0.15) is 11.6 Å². The number of hydrogen-bond acceptors (Lipinski definition) is 3. The molecule has 2 nitrogen and oxygen atoms in total. The molecule has 96 valence electrons. The van der Waals surface area contributed by atoms with Crippen molar-refractivity contribution in [1.82, 2.24) is 0 Å². The van der Waals surface area contributed by atoms with Gasteiger partial charge in [-0.25, -0.2) is 4.39 Å². The Balaban J connectivity index is 2.18. The molecular weight excluding hydrogens is 273 g/mol. The first-order valence-corrected chi connectivity index (χ1v) is 6.65. The summed E-state index contributed by atoms with van der Waals surface area (Å²) in [5.74, 6) is 0.175. The molecule has 0 spiro atoms. The van der Waals surface area contributed by atoms with Crippen molar-refractivity contribution in [3.8, 4) is 5.75 Å². The zero-order valence-electron chi connectivity index (χ0n) is 10.0. The van der Waals surface area contributed by atoms with E-state index < -0.39 is 0 Å². The minimum atomic E-state index is -0.316. The Labute approximate surface area is 114 Å². The second-order valence-corrected chi connectivity index (χ2v) is 5.60. The van der Waals surface area contributed by atoms with Crippen LogP contribution in [0.5, 0.6) is 5.75 Å². The van der Waals surface area contributed by atoms with Gasteiger partial charge >= 0.3 is 0 Å². The summed E-state index contributed by atoms with van der Waals surface area (Å²) in [5, 5.41) is 3.28. The Hall–Kier alpha value is -1.26. The van der Waals surface area contributed by atoms with Crippen molar-refractivity contribution in [3.63, 3.8) is 0 Å². The number of thiophene rings is 1. The monoisotopic (exact) mass is 285 g/mol. The van der Waals surface area contributed by atoms with Crippen LogP contribution in [0.15, 0.2) is 30.3 Å². The van der Waals surface area contributed by atoms with Gasteiger partial charge in [-0.05, 0) is 31.2 Å². The van der Waals surface area contributed by atoms with Gasteiger partial charge in [0.25, 0.3) is 0 Å². The standard InChI is InChI=1S/C13H13ClFNOS/c1-8(12-5-6-13(14)18-12)16-10-4-3-9(15)7-11(10)17-2/h3-8,16H,1-2H3. The molecule has 0 fully saturated rings. The van der Waals surface area contributed by atoms with E-state index in [9.17, 15) is 4.39 Å². The SMILES string of the molecule is COc1cc(F)ccc1NC(C)c1ccc(Cl)s1. The third kappa shape index (κ3) is 2.94. The molecule has 1 aromatic carbocycles. The van der Waals surface area contributed by atoms with E-state index in [4.69, 9.17) is 16.3 Å². The van der Waals surface area contributed by atoms with Crippen LogP contribution >= 0.6 is 22.9 Å². The zero-order chi connectivity index (χ0) is 13.1. The van der Waals surface area contributed by atoms with Crippen LogP contribution in [0.3, 0.4) is 0 Å². The van der Waals surface area contributed by atoms with Crippen LogP contribution in [-0.4, -0.2) is 7.11 Å². The average Bonchev–Trinajstić information content (AvgIpc) is 2.78. The number of ether oxygens (including phenoxy) is 1. The molecule has 1 heterocycles. The maximum atomic E-state index is 13.1. The quantitative estimate of drug-likeness (QED) is 0.877. The molecule has 0 aliphatic carbocycles. The van der Waals surface area contributed by atoms with Crippen LogP contribution in [0.25, 0.3) is 0 Å². The summed E-state index contributed by atoms with van der Waals surface area (Å²) < 4.78 is 19.0. The number of methoxy groups -OCH3 is 1. The highest BCUT2D eigenvalue weighted by atomic mass is 35.5. The Morgan fingerprint density at radius 2 is 2.11 bits per heavy atom. The molecule has 1 atom stereocenters. The lowest BCUT2D eigenvalue weighted by atomic mass is 10.2. The van der Waals surface area contributed by atoms with Crippen molar-refractivity contribution in [3.05, 3.63) is 45.4 Å². The van der Waals surface area contributed by atoms with Crippen molar-refractivity contribution in [2.45, 2.75) is 13.0 Å². The molecule has 0 aliphatic rings. The highest BCUT2D eigenvalue weighted by Gasteiger charge is 2.11. The van der Waals surface area contributed by atoms with Gasteiger partial charge in [-0.15, -0.1) is 11.3 Å². The number of hydrogen-bond donors (Lipinski definition) is 1. The summed E-state index contributed by atoms with van der Waals surface area (Å²) in [7, 11) is 1.52. The highest BCUT2D eigenvalue weighted by Crippen LogP contribution is 2.32. The fraction of sp³-hybridized carbons (Fsp3) is 0.231. The van der Waals surface area contributed by atoms with Crippen LogP contribution in [-0.2, 0) is 0 Å². The van der Waals surface area contributed by atoms with Crippen molar-refractivity contribution in [2.75, 3.05) is 12.4 Å². The molecule has 1 unspecified atom stereocenters. The smallest absolute Gasteiger partial charge is 0.144 e. The van der Waals surface area contributed by atoms with Crippen LogP contribution in [0, 0.1) is 5.82 Å². The number of nitrogens with one attached hydrogen (secondary N) is 1. The number of benzene rings is 1. The first kappa shape index (κ1) is 13.2. The average molecular weight is 286 g/mol. The van der Waals surface area contributed by atoms with Crippen LogP contribution in [0.4, 0.5) is 10.1 Å². The molecule has 0 bridgehead atoms. The van der Waals surface area contributed by atoms with E-state index in [0.717, 1.165) is 14.9 Å². The van der Waals surface area contributed by atoms with Crippen molar-refractivity contribution >= 4 is 28.6 Å². The van der Waals surface area contributed by atoms with E-state index in [1.165, 1.54) is 30.6 Å². The van der Waals surface area contributed by atoms with Gasteiger partial charge in [0, 0.05) is 10.9 Å². The van der Waals surface area contributed by atoms with E-state index in [2.05, 4.69) is 5.32 Å². The number of rotatable bonds is 4. The lowest BCUT2D eigenvalue weighted by Gasteiger charge is -2.16. The van der Waals surface area contributed by atoms with E-state index in [1.807, 2.05) is 19.1 Å². The Morgan fingerprint density at radius 3 is 2.72 bits per heavy atom. The summed E-state index contributed by atoms with van der Waals surface area (Å²) in [6, 6.07) is 8.35. The molecule has 0 saturated carbocycles. The lowest BCUT2D eigenvalue weighted by molar-refractivity contribution is 0.412. The first-order chi connectivity index (χ1) is 8.60. The maximum Gasteiger partial charge on any atom is 0.144 e. The predicted octanol–water partition coefficient (Wildman–Crippen LogP) is 4.72. The summed E-state index contributed by atoms with van der Waals surface area (Å²) >= 11 is 7.42. The first-order valence-electron chi connectivity index (χ1n) is 5.45. The number of anilines is 1. The van der Waals surface area contributed by atoms with E-state index in [-0.39, 0.29) is 11.9 Å². The summed E-state index contributed by atoms with van der Waals surface area (Å²) in [5.41, 5.74) is 0.760. The topological polar surface area (TPSA) is 21.3 Å². The van der Waals surface area contributed by atoms with Crippen molar-refractivity contribution in [2.24, 2.45) is 0 Å². The molecule has 18 heavy (non-hydrogen) atoms. The highest BCUT2D eigenvalue weighted by molar-refractivity contribution is 7.16. The molecule has 0 amide bonds. The summed E-state index contributed by atoms with van der Waals surface area (Å²) in [6.07, 6.45) is 0. The Bertz CT molecular complexity index is 544. The van der Waals surface area contributed by atoms with Crippen molar-refractivity contribution < 1.29 is 9.13 Å². The fourth-order valence-corrected chi connectivity index (χ4v) is 2.71. The molecule has 5 heteroatoms. The molecule has 0 aliphatic heterocycles. The Morgan fingerprint density at radius 1 is 1.33 bits per heavy atom. The molecule has 1 N–H and O–H groups in total. The maximum absolute atomic E-state index is 13.1. The second kappa shape index (κ2) is 5.59. The molecular formula is C13H13ClFNOS. The fourth-order valence-electron chi connectivity index (χ4n) is 1.65. The minimum absolute atomic E-state index is 0.0851. The third-order valence-corrected chi connectivity index (χ3v) is 3.97. The van der Waals surface area contributed by atoms with Gasteiger partial charge < -0.3 is 10.1 Å². The molecule has 2 aromatic rings. The normalized spacial score (nSPS) is 12.2. The van der Waals surface area contributed by atoms with Gasteiger partial charge in [-0.2, -0.15) is 0 Å². The third-order valence-electron chi connectivity index (χ3n) is 2.56.